The summed E-state index contributed by atoms with van der Waals surface area (Å²) in [5.41, 5.74) is 2.12. The fourth-order valence-electron chi connectivity index (χ4n) is 1.82. The van der Waals surface area contributed by atoms with Crippen LogP contribution >= 0.6 is 11.3 Å². The molecule has 19 heavy (non-hydrogen) atoms. The van der Waals surface area contributed by atoms with Crippen LogP contribution in [0.5, 0.6) is 0 Å². The second-order valence-corrected chi connectivity index (χ2v) is 5.64. The average molecular weight is 278 g/mol. The highest BCUT2D eigenvalue weighted by molar-refractivity contribution is 7.07. The van der Waals surface area contributed by atoms with Gasteiger partial charge < -0.3 is 5.32 Å². The van der Waals surface area contributed by atoms with Gasteiger partial charge in [0.2, 0.25) is 0 Å². The molecule has 1 amide bonds. The molecule has 0 saturated heterocycles. The number of hydrogen-bond acceptors (Lipinski definition) is 3. The van der Waals surface area contributed by atoms with Crippen molar-refractivity contribution in [3.8, 4) is 0 Å². The fourth-order valence-corrected chi connectivity index (χ4v) is 2.35. The molecule has 1 N–H and O–H groups in total. The lowest BCUT2D eigenvalue weighted by Gasteiger charge is -2.25. The van der Waals surface area contributed by atoms with Crippen LogP contribution in [0.3, 0.4) is 0 Å². The van der Waals surface area contributed by atoms with Gasteiger partial charge in [-0.15, -0.1) is 11.3 Å². The minimum atomic E-state index is -0.475. The van der Waals surface area contributed by atoms with E-state index in [1.807, 2.05) is 13.8 Å². The first kappa shape index (κ1) is 13.7. The Bertz CT molecular complexity index is 567. The van der Waals surface area contributed by atoms with Crippen molar-refractivity contribution in [3.05, 3.63) is 52.2 Å². The first-order valence-corrected chi connectivity index (χ1v) is 6.86. The molecule has 0 fully saturated rings. The number of hydrogen-bond donors (Lipinski definition) is 1. The Morgan fingerprint density at radius 2 is 2.16 bits per heavy atom. The summed E-state index contributed by atoms with van der Waals surface area (Å²) in [5.74, 6) is -0.485. The van der Waals surface area contributed by atoms with Crippen LogP contribution in [0.15, 0.2) is 35.2 Å². The number of amides is 1. The lowest BCUT2D eigenvalue weighted by Crippen LogP contribution is -2.37. The molecule has 2 aromatic rings. The Balaban J connectivity index is 2.06. The zero-order chi connectivity index (χ0) is 13.9. The van der Waals surface area contributed by atoms with Crippen molar-refractivity contribution in [2.24, 2.45) is 0 Å². The number of rotatable bonds is 4. The number of nitrogens with one attached hydrogen (secondary N) is 1. The maximum absolute atomic E-state index is 13.8. The van der Waals surface area contributed by atoms with E-state index in [1.54, 1.807) is 29.1 Å². The largest absolute Gasteiger partial charge is 0.350 e. The van der Waals surface area contributed by atoms with Gasteiger partial charge in [-0.25, -0.2) is 9.37 Å². The Morgan fingerprint density at radius 1 is 1.42 bits per heavy atom. The third-order valence-electron chi connectivity index (χ3n) is 2.96. The van der Waals surface area contributed by atoms with Gasteiger partial charge in [-0.3, -0.25) is 4.79 Å². The number of benzene rings is 1. The highest BCUT2D eigenvalue weighted by Gasteiger charge is 2.24. The summed E-state index contributed by atoms with van der Waals surface area (Å²) in [6, 6.07) is 6.62. The van der Waals surface area contributed by atoms with Crippen molar-refractivity contribution >= 4 is 17.2 Å². The van der Waals surface area contributed by atoms with E-state index in [4.69, 9.17) is 0 Å². The van der Waals surface area contributed by atoms with Crippen molar-refractivity contribution in [2.45, 2.75) is 19.3 Å². The molecule has 0 aliphatic carbocycles. The molecule has 3 nitrogen and oxygen atoms in total. The van der Waals surface area contributed by atoms with Crippen LogP contribution in [-0.2, 0) is 5.41 Å². The van der Waals surface area contributed by atoms with Gasteiger partial charge in [-0.05, 0) is 11.6 Å². The lowest BCUT2D eigenvalue weighted by molar-refractivity contribution is 0.0941. The highest BCUT2D eigenvalue weighted by Crippen LogP contribution is 2.24. The summed E-state index contributed by atoms with van der Waals surface area (Å²) < 4.78 is 13.8. The average Bonchev–Trinajstić information content (AvgIpc) is 2.90. The van der Waals surface area contributed by atoms with E-state index in [2.05, 4.69) is 10.3 Å². The van der Waals surface area contributed by atoms with E-state index in [9.17, 15) is 9.18 Å². The molecule has 1 aromatic heterocycles. The molecular weight excluding hydrogens is 263 g/mol. The predicted molar refractivity (Wildman–Crippen MR) is 73.9 cm³/mol. The zero-order valence-electron chi connectivity index (χ0n) is 10.8. The Hall–Kier alpha value is -1.75. The number of carbonyl (C=O) groups is 1. The Labute approximate surface area is 115 Å². The van der Waals surface area contributed by atoms with E-state index in [1.165, 1.54) is 17.4 Å². The SMILES string of the molecule is CC(C)(CNC(=O)c1cscn1)c1ccccc1F. The smallest absolute Gasteiger partial charge is 0.270 e. The summed E-state index contributed by atoms with van der Waals surface area (Å²) >= 11 is 1.37. The second-order valence-electron chi connectivity index (χ2n) is 4.92. The van der Waals surface area contributed by atoms with Gasteiger partial charge in [0.15, 0.2) is 0 Å². The number of thiazole rings is 1. The van der Waals surface area contributed by atoms with Crippen LogP contribution in [0.2, 0.25) is 0 Å². The Morgan fingerprint density at radius 3 is 2.79 bits per heavy atom. The highest BCUT2D eigenvalue weighted by atomic mass is 32.1. The van der Waals surface area contributed by atoms with E-state index in [0.717, 1.165) is 0 Å². The molecule has 1 aromatic carbocycles. The van der Waals surface area contributed by atoms with Crippen molar-refractivity contribution in [1.29, 1.82) is 0 Å². The number of halogens is 1. The van der Waals surface area contributed by atoms with Gasteiger partial charge in [0, 0.05) is 17.3 Å². The normalized spacial score (nSPS) is 11.3. The van der Waals surface area contributed by atoms with Gasteiger partial charge in [0.1, 0.15) is 11.5 Å². The van der Waals surface area contributed by atoms with Crippen molar-refractivity contribution in [2.75, 3.05) is 6.54 Å². The molecule has 1 heterocycles. The first-order valence-electron chi connectivity index (χ1n) is 5.92. The van der Waals surface area contributed by atoms with Crippen molar-refractivity contribution in [1.82, 2.24) is 10.3 Å². The summed E-state index contributed by atoms with van der Waals surface area (Å²) in [6.45, 7) is 4.14. The molecule has 0 spiro atoms. The van der Waals surface area contributed by atoms with Crippen LogP contribution in [0.25, 0.3) is 0 Å². The quantitative estimate of drug-likeness (QED) is 0.934. The van der Waals surface area contributed by atoms with E-state index >= 15 is 0 Å². The maximum Gasteiger partial charge on any atom is 0.270 e. The van der Waals surface area contributed by atoms with Crippen LogP contribution in [0, 0.1) is 5.82 Å². The molecule has 0 aliphatic rings. The summed E-state index contributed by atoms with van der Waals surface area (Å²) in [5, 5.41) is 4.48. The molecule has 0 atom stereocenters. The van der Waals surface area contributed by atoms with Gasteiger partial charge in [-0.1, -0.05) is 32.0 Å². The zero-order valence-corrected chi connectivity index (χ0v) is 11.6. The molecule has 0 unspecified atom stereocenters. The van der Waals surface area contributed by atoms with Crippen LogP contribution in [0.4, 0.5) is 4.39 Å². The molecule has 0 saturated carbocycles. The van der Waals surface area contributed by atoms with Gasteiger partial charge in [-0.2, -0.15) is 0 Å². The molecule has 5 heteroatoms. The molecule has 2 rings (SSSR count). The third-order valence-corrected chi connectivity index (χ3v) is 3.55. The topological polar surface area (TPSA) is 42.0 Å². The number of carbonyl (C=O) groups excluding carboxylic acids is 1. The van der Waals surface area contributed by atoms with Crippen LogP contribution < -0.4 is 5.32 Å². The Kier molecular flexibility index (Phi) is 3.95. The van der Waals surface area contributed by atoms with Crippen LogP contribution in [0.1, 0.15) is 29.9 Å². The van der Waals surface area contributed by atoms with E-state index in [0.29, 0.717) is 17.8 Å². The van der Waals surface area contributed by atoms with Crippen molar-refractivity contribution in [3.63, 3.8) is 0 Å². The predicted octanol–water partition coefficient (Wildman–Crippen LogP) is 2.99. The third kappa shape index (κ3) is 3.17. The van der Waals surface area contributed by atoms with Gasteiger partial charge >= 0.3 is 0 Å². The summed E-state index contributed by atoms with van der Waals surface area (Å²) in [6.07, 6.45) is 0. The summed E-state index contributed by atoms with van der Waals surface area (Å²) in [7, 11) is 0. The number of nitrogens with zero attached hydrogens (tertiary/aromatic N) is 1. The van der Waals surface area contributed by atoms with Gasteiger partial charge in [0.05, 0.1) is 5.51 Å². The first-order chi connectivity index (χ1) is 9.00. The molecule has 0 bridgehead atoms. The molecule has 0 aliphatic heterocycles. The molecule has 100 valence electrons. The number of aromatic nitrogens is 1. The maximum atomic E-state index is 13.8. The minimum absolute atomic E-state index is 0.231. The second kappa shape index (κ2) is 5.48. The van der Waals surface area contributed by atoms with E-state index < -0.39 is 5.41 Å². The van der Waals surface area contributed by atoms with E-state index in [-0.39, 0.29) is 11.7 Å². The minimum Gasteiger partial charge on any atom is -0.350 e. The monoisotopic (exact) mass is 278 g/mol. The molecule has 0 radical (unpaired) electrons. The summed E-state index contributed by atoms with van der Waals surface area (Å²) in [4.78, 5) is 15.7. The van der Waals surface area contributed by atoms with Crippen molar-refractivity contribution < 1.29 is 9.18 Å². The van der Waals surface area contributed by atoms with Gasteiger partial charge in [0.25, 0.3) is 5.91 Å². The fraction of sp³-hybridized carbons (Fsp3) is 0.286. The van der Waals surface area contributed by atoms with Crippen LogP contribution in [-0.4, -0.2) is 17.4 Å². The standard InChI is InChI=1S/C14H15FN2OS/c1-14(2,10-5-3-4-6-11(10)15)8-16-13(18)12-7-19-9-17-12/h3-7,9H,8H2,1-2H3,(H,16,18). The molecular formula is C14H15FN2OS. The lowest BCUT2D eigenvalue weighted by atomic mass is 9.84.